The van der Waals surface area contributed by atoms with Gasteiger partial charge >= 0.3 is 5.97 Å². The number of H-pyrrole nitrogens is 1. The van der Waals surface area contributed by atoms with Crippen LogP contribution in [-0.2, 0) is 6.54 Å². The predicted octanol–water partition coefficient (Wildman–Crippen LogP) is 6.08. The molecule has 1 saturated heterocycles. The summed E-state index contributed by atoms with van der Waals surface area (Å²) in [6, 6.07) is 12.2. The highest BCUT2D eigenvalue weighted by molar-refractivity contribution is 5.88. The molecule has 5 heteroatoms. The number of carboxylic acid groups (broad SMARTS) is 1. The summed E-state index contributed by atoms with van der Waals surface area (Å²) in [6.45, 7) is 4.00. The Morgan fingerprint density at radius 1 is 1.15 bits per heavy atom. The van der Waals surface area contributed by atoms with Gasteiger partial charge in [-0.05, 0) is 98.2 Å². The van der Waals surface area contributed by atoms with Crippen LogP contribution >= 0.6 is 0 Å². The fourth-order valence-corrected chi connectivity index (χ4v) is 6.92. The molecule has 2 spiro atoms. The van der Waals surface area contributed by atoms with Gasteiger partial charge in [0.25, 0.3) is 0 Å². The number of likely N-dealkylation sites (tertiary alicyclic amines) is 1. The van der Waals surface area contributed by atoms with E-state index in [1.54, 1.807) is 19.2 Å². The van der Waals surface area contributed by atoms with Gasteiger partial charge < -0.3 is 14.8 Å². The molecule has 0 unspecified atom stereocenters. The van der Waals surface area contributed by atoms with Gasteiger partial charge in [0.1, 0.15) is 5.75 Å². The highest BCUT2D eigenvalue weighted by Crippen LogP contribution is 2.72. The van der Waals surface area contributed by atoms with E-state index in [-0.39, 0.29) is 6.04 Å². The number of hydrogen-bond donors (Lipinski definition) is 2. The number of aromatic nitrogens is 1. The van der Waals surface area contributed by atoms with Crippen LogP contribution in [0.15, 0.2) is 42.6 Å². The number of benzene rings is 2. The molecule has 3 aromatic rings. The first-order valence-corrected chi connectivity index (χ1v) is 12.1. The van der Waals surface area contributed by atoms with Gasteiger partial charge in [-0.2, -0.15) is 0 Å². The van der Waals surface area contributed by atoms with Crippen LogP contribution in [0.1, 0.15) is 71.6 Å². The lowest BCUT2D eigenvalue weighted by atomic mass is 9.54. The van der Waals surface area contributed by atoms with Crippen LogP contribution in [0, 0.1) is 17.8 Å². The third-order valence-electron chi connectivity index (χ3n) is 8.69. The van der Waals surface area contributed by atoms with Crippen molar-refractivity contribution in [3.8, 4) is 5.75 Å². The van der Waals surface area contributed by atoms with Crippen LogP contribution in [0.4, 0.5) is 0 Å². The summed E-state index contributed by atoms with van der Waals surface area (Å²) in [5.41, 5.74) is 6.32. The summed E-state index contributed by atoms with van der Waals surface area (Å²) in [5.74, 6) is 0.0767. The fourth-order valence-electron chi connectivity index (χ4n) is 6.92. The molecule has 2 aromatic carbocycles. The number of aryl methyl sites for hydroxylation is 1. The van der Waals surface area contributed by atoms with Gasteiger partial charge in [-0.15, -0.1) is 0 Å². The Kier molecular flexibility index (Phi) is 4.64. The number of nitrogens with zero attached hydrogens (tertiary/aromatic N) is 1. The lowest BCUT2D eigenvalue weighted by Gasteiger charge is -2.56. The van der Waals surface area contributed by atoms with Crippen molar-refractivity contribution in [1.29, 1.82) is 0 Å². The number of methoxy groups -OCH3 is 1. The molecular weight excluding hydrogens is 412 g/mol. The smallest absolute Gasteiger partial charge is 0.335 e. The van der Waals surface area contributed by atoms with Crippen molar-refractivity contribution in [1.82, 2.24) is 9.88 Å². The molecule has 1 atom stereocenters. The molecule has 5 nitrogen and oxygen atoms in total. The number of carbonyl (C=O) groups is 1. The Balaban J connectivity index is 1.35. The van der Waals surface area contributed by atoms with Crippen LogP contribution in [0.2, 0.25) is 0 Å². The second kappa shape index (κ2) is 7.36. The van der Waals surface area contributed by atoms with Gasteiger partial charge in [-0.25, -0.2) is 4.79 Å². The van der Waals surface area contributed by atoms with E-state index in [0.29, 0.717) is 16.4 Å². The highest BCUT2D eigenvalue weighted by Gasteiger charge is 2.61. The standard InChI is InChI=1S/C28H32N2O3/c1-18-13-24(33-2)22(21-7-11-29-25(18)21)15-30-12-10-28(16-27(17-28)8-9-27)14-23(30)19-3-5-20(6-4-19)26(31)32/h3-7,11,13,23,29H,8-10,12,14-17H2,1-2H3,(H,31,32)/t23-/m1/s1. The van der Waals surface area contributed by atoms with E-state index in [1.807, 2.05) is 18.3 Å². The third kappa shape index (κ3) is 3.45. The molecule has 2 heterocycles. The van der Waals surface area contributed by atoms with Crippen LogP contribution in [0.3, 0.4) is 0 Å². The second-order valence-electron chi connectivity index (χ2n) is 10.9. The SMILES string of the molecule is COc1cc(C)c2[nH]ccc2c1CN1CCC2(C[C@@H]1c1ccc(C(=O)O)cc1)CC1(CC1)C2. The van der Waals surface area contributed by atoms with E-state index in [4.69, 9.17) is 4.74 Å². The number of aromatic carboxylic acids is 1. The highest BCUT2D eigenvalue weighted by atomic mass is 16.5. The van der Waals surface area contributed by atoms with Crippen LogP contribution < -0.4 is 4.74 Å². The minimum absolute atomic E-state index is 0.290. The Bertz CT molecular complexity index is 1210. The van der Waals surface area contributed by atoms with Crippen LogP contribution in [0.5, 0.6) is 5.75 Å². The number of fused-ring (bicyclic) bond motifs is 1. The summed E-state index contributed by atoms with van der Waals surface area (Å²) in [5, 5.41) is 10.6. The molecule has 172 valence electrons. The number of aromatic amines is 1. The fraction of sp³-hybridized carbons (Fsp3) is 0.464. The monoisotopic (exact) mass is 444 g/mol. The van der Waals surface area contributed by atoms with Crippen molar-refractivity contribution in [2.75, 3.05) is 13.7 Å². The topological polar surface area (TPSA) is 65.6 Å². The van der Waals surface area contributed by atoms with Crippen molar-refractivity contribution in [3.63, 3.8) is 0 Å². The molecule has 1 aliphatic heterocycles. The quantitative estimate of drug-likeness (QED) is 0.500. The van der Waals surface area contributed by atoms with Gasteiger partial charge in [0, 0.05) is 35.2 Å². The van der Waals surface area contributed by atoms with E-state index in [9.17, 15) is 9.90 Å². The number of carboxylic acids is 1. The van der Waals surface area contributed by atoms with E-state index in [2.05, 4.69) is 28.9 Å². The summed E-state index contributed by atoms with van der Waals surface area (Å²) < 4.78 is 5.83. The maximum Gasteiger partial charge on any atom is 0.335 e. The number of piperidine rings is 1. The summed E-state index contributed by atoms with van der Waals surface area (Å²) in [6.07, 6.45) is 10.0. The minimum Gasteiger partial charge on any atom is -0.496 e. The number of hydrogen-bond acceptors (Lipinski definition) is 3. The van der Waals surface area contributed by atoms with Crippen molar-refractivity contribution in [2.45, 2.75) is 58.0 Å². The van der Waals surface area contributed by atoms with Gasteiger partial charge in [0.05, 0.1) is 12.7 Å². The van der Waals surface area contributed by atoms with Gasteiger partial charge in [0.15, 0.2) is 0 Å². The zero-order valence-corrected chi connectivity index (χ0v) is 19.5. The average Bonchev–Trinajstić information content (AvgIpc) is 3.40. The molecule has 0 amide bonds. The van der Waals surface area contributed by atoms with Crippen molar-refractivity contribution < 1.29 is 14.6 Å². The van der Waals surface area contributed by atoms with E-state index in [0.717, 1.165) is 25.3 Å². The lowest BCUT2D eigenvalue weighted by molar-refractivity contribution is -0.0562. The normalized spacial score (nSPS) is 23.0. The molecule has 2 saturated carbocycles. The number of nitrogens with one attached hydrogen (secondary N) is 1. The van der Waals surface area contributed by atoms with Crippen molar-refractivity contribution in [3.05, 3.63) is 64.8 Å². The molecule has 6 rings (SSSR count). The Labute approximate surface area is 194 Å². The van der Waals surface area contributed by atoms with Crippen LogP contribution in [0.25, 0.3) is 10.9 Å². The molecule has 2 aliphatic carbocycles. The largest absolute Gasteiger partial charge is 0.496 e. The molecular formula is C28H32N2O3. The zero-order chi connectivity index (χ0) is 22.8. The maximum absolute atomic E-state index is 11.4. The zero-order valence-electron chi connectivity index (χ0n) is 19.5. The maximum atomic E-state index is 11.4. The van der Waals surface area contributed by atoms with E-state index >= 15 is 0 Å². The van der Waals surface area contributed by atoms with Gasteiger partial charge in [0.2, 0.25) is 0 Å². The number of ether oxygens (including phenoxy) is 1. The second-order valence-corrected chi connectivity index (χ2v) is 10.9. The predicted molar refractivity (Wildman–Crippen MR) is 129 cm³/mol. The van der Waals surface area contributed by atoms with Gasteiger partial charge in [-0.1, -0.05) is 12.1 Å². The summed E-state index contributed by atoms with van der Waals surface area (Å²) in [7, 11) is 1.76. The molecule has 2 N–H and O–H groups in total. The molecule has 3 fully saturated rings. The van der Waals surface area contributed by atoms with Crippen molar-refractivity contribution in [2.24, 2.45) is 10.8 Å². The molecule has 33 heavy (non-hydrogen) atoms. The lowest BCUT2D eigenvalue weighted by Crippen LogP contribution is -2.49. The number of rotatable bonds is 5. The first kappa shape index (κ1) is 20.8. The molecule has 1 aromatic heterocycles. The van der Waals surface area contributed by atoms with Gasteiger partial charge in [-0.3, -0.25) is 4.90 Å². The van der Waals surface area contributed by atoms with E-state index in [1.165, 1.54) is 59.7 Å². The molecule has 0 radical (unpaired) electrons. The summed E-state index contributed by atoms with van der Waals surface area (Å²) in [4.78, 5) is 17.4. The third-order valence-corrected chi connectivity index (χ3v) is 8.69. The Morgan fingerprint density at radius 3 is 2.58 bits per heavy atom. The minimum atomic E-state index is -0.868. The Hall–Kier alpha value is -2.79. The summed E-state index contributed by atoms with van der Waals surface area (Å²) >= 11 is 0. The molecule has 3 aliphatic rings. The molecule has 0 bridgehead atoms. The van der Waals surface area contributed by atoms with E-state index < -0.39 is 5.97 Å². The van der Waals surface area contributed by atoms with Crippen LogP contribution in [-0.4, -0.2) is 34.6 Å². The first-order valence-electron chi connectivity index (χ1n) is 12.1. The average molecular weight is 445 g/mol. The first-order chi connectivity index (χ1) is 15.9. The van der Waals surface area contributed by atoms with Crippen molar-refractivity contribution >= 4 is 16.9 Å². The Morgan fingerprint density at radius 2 is 1.91 bits per heavy atom.